The van der Waals surface area contributed by atoms with Crippen LogP contribution < -0.4 is 105 Å². The first-order valence-corrected chi connectivity index (χ1v) is 17.3. The van der Waals surface area contributed by atoms with Crippen LogP contribution in [-0.2, 0) is 42.2 Å². The van der Waals surface area contributed by atoms with Gasteiger partial charge < -0.3 is 13.7 Å². The second kappa shape index (κ2) is 17.7. The van der Waals surface area contributed by atoms with E-state index in [9.17, 15) is 38.9 Å². The zero-order chi connectivity index (χ0) is 27.3. The molecular formula is C18H14Na3O9P3S4. The molecule has 0 radical (unpaired) electrons. The Labute approximate surface area is 295 Å². The van der Waals surface area contributed by atoms with Gasteiger partial charge >= 0.3 is 88.7 Å². The Balaban J connectivity index is 0. The first-order valence-electron chi connectivity index (χ1n) is 9.52. The first kappa shape index (κ1) is 36.8. The number of hydrogen-bond donors (Lipinski definition) is 0. The van der Waals surface area contributed by atoms with E-state index in [1.54, 1.807) is 0 Å². The van der Waals surface area contributed by atoms with Crippen LogP contribution in [0.15, 0.2) is 87.5 Å². The van der Waals surface area contributed by atoms with Gasteiger partial charge in [-0.1, -0.05) is 57.0 Å². The van der Waals surface area contributed by atoms with Crippen LogP contribution in [0.1, 0.15) is 0 Å². The SMILES string of the molecule is O=S(=O)([O-])c1cccc(P(c2cccc(S(=O)(=O)[O-])c2)c2cccc(S(=O)(=O)[O-])c2)c1.[3H]P([3H])P=S.[Na+].[Na+].[Na+]. The molecule has 0 saturated carbocycles. The summed E-state index contributed by atoms with van der Waals surface area (Å²) in [7, 11) is -17.1. The van der Waals surface area contributed by atoms with E-state index in [1.807, 2.05) is 0 Å². The fraction of sp³-hybridized carbons (Fsp3) is 0. The van der Waals surface area contributed by atoms with Crippen molar-refractivity contribution >= 4 is 81.9 Å². The Kier molecular flexibility index (Phi) is 17.6. The summed E-state index contributed by atoms with van der Waals surface area (Å²) in [6, 6.07) is 14.8. The predicted octanol–water partition coefficient (Wildman–Crippen LogP) is -7.65. The summed E-state index contributed by atoms with van der Waals surface area (Å²) in [5.41, 5.74) is 0. The fourth-order valence-electron chi connectivity index (χ4n) is 2.78. The Morgan fingerprint density at radius 3 is 1.08 bits per heavy atom. The van der Waals surface area contributed by atoms with Crippen LogP contribution in [0.25, 0.3) is 0 Å². The number of rotatable bonds is 7. The van der Waals surface area contributed by atoms with E-state index in [0.29, 0.717) is 7.04 Å². The first-order chi connectivity index (χ1) is 16.5. The summed E-state index contributed by atoms with van der Waals surface area (Å²) in [4.78, 5) is -1.63. The summed E-state index contributed by atoms with van der Waals surface area (Å²) in [5.74, 6) is 0. The van der Waals surface area contributed by atoms with E-state index >= 15 is 0 Å². The van der Waals surface area contributed by atoms with E-state index < -0.39 is 61.8 Å². The Morgan fingerprint density at radius 1 is 0.649 bits per heavy atom. The van der Waals surface area contributed by atoms with Gasteiger partial charge in [0.25, 0.3) is 0 Å². The van der Waals surface area contributed by atoms with E-state index in [0.717, 1.165) is 36.4 Å². The molecule has 0 aliphatic carbocycles. The van der Waals surface area contributed by atoms with Gasteiger partial charge in [-0.25, -0.2) is 25.3 Å². The minimum atomic E-state index is -4.82. The monoisotopic (exact) mass is 668 g/mol. The van der Waals surface area contributed by atoms with Crippen molar-refractivity contribution in [1.29, 1.82) is 2.56 Å². The standard InChI is InChI=1S/C18H15O9PS3.3Na.H2P2S/c19-29(20,21)16-7-1-4-13(10-16)28(14-5-2-8-17(11-14)30(22,23)24)15-6-3-9-18(12-15)31(25,26)27;;;;1-2-3/h1-12H,(H,19,20,21)(H,22,23,24)(H,25,26,27);;;;1H2/q;3*+1;/p-3/i;;;;1T2. The molecule has 3 aromatic carbocycles. The maximum atomic E-state index is 11.5. The normalized spacial score (nSPS) is 12.1. The van der Waals surface area contributed by atoms with Gasteiger partial charge in [-0.05, 0) is 67.3 Å². The van der Waals surface area contributed by atoms with Crippen molar-refractivity contribution in [2.24, 2.45) is 0 Å². The molecule has 3 rings (SSSR count). The van der Waals surface area contributed by atoms with Crippen LogP contribution in [0.4, 0.5) is 0 Å². The topological polar surface area (TPSA) is 172 Å². The third-order valence-corrected chi connectivity index (χ3v) is 8.97. The Bertz CT molecular complexity index is 1420. The summed E-state index contributed by atoms with van der Waals surface area (Å²) in [6.07, 6.45) is 0. The molecule has 9 nitrogen and oxygen atoms in total. The Hall–Kier alpha value is 1.77. The molecule has 0 aliphatic heterocycles. The van der Waals surface area contributed by atoms with Crippen molar-refractivity contribution in [3.63, 3.8) is 0 Å². The van der Waals surface area contributed by atoms with E-state index in [4.69, 9.17) is 2.56 Å². The van der Waals surface area contributed by atoms with Crippen molar-refractivity contribution in [3.8, 4) is 0 Å². The maximum absolute atomic E-state index is 11.5. The summed E-state index contributed by atoms with van der Waals surface area (Å²) in [6.45, 7) is 0. The molecule has 0 bridgehead atoms. The molecule has 0 atom stereocenters. The van der Waals surface area contributed by atoms with Crippen molar-refractivity contribution in [2.75, 3.05) is 0 Å². The van der Waals surface area contributed by atoms with Crippen LogP contribution in [0.3, 0.4) is 0 Å². The molecule has 0 saturated heterocycles. The van der Waals surface area contributed by atoms with Crippen molar-refractivity contribution in [1.82, 2.24) is 0 Å². The minimum Gasteiger partial charge on any atom is -0.744 e. The average Bonchev–Trinajstić information content (AvgIpc) is 2.79. The largest absolute Gasteiger partial charge is 1.00 e. The molecule has 0 amide bonds. The van der Waals surface area contributed by atoms with Crippen LogP contribution >= 0.6 is 23.8 Å². The zero-order valence-electron chi connectivity index (χ0n) is 21.6. The van der Waals surface area contributed by atoms with Gasteiger partial charge in [0.2, 0.25) is 0 Å². The Morgan fingerprint density at radius 2 is 0.892 bits per heavy atom. The second-order valence-corrected chi connectivity index (χ2v) is 14.8. The molecule has 0 unspecified atom stereocenters. The average molecular weight is 668 g/mol. The van der Waals surface area contributed by atoms with Gasteiger partial charge in [0.05, 0.1) is 17.2 Å². The number of benzene rings is 3. The molecule has 0 heterocycles. The molecule has 3 aromatic rings. The molecule has 0 N–H and O–H groups in total. The van der Waals surface area contributed by atoms with Gasteiger partial charge in [0.1, 0.15) is 30.4 Å². The molecule has 0 fully saturated rings. The van der Waals surface area contributed by atoms with Gasteiger partial charge in [0.15, 0.2) is 0 Å². The van der Waals surface area contributed by atoms with E-state index in [-0.39, 0.29) is 105 Å². The van der Waals surface area contributed by atoms with E-state index in [1.165, 1.54) is 36.4 Å². The molecule has 0 aromatic heterocycles. The summed E-state index contributed by atoms with van der Waals surface area (Å²) in [5, 5.41) is 0.772. The third kappa shape index (κ3) is 12.7. The molecule has 37 heavy (non-hydrogen) atoms. The van der Waals surface area contributed by atoms with Crippen LogP contribution in [0, 0.1) is 0 Å². The van der Waals surface area contributed by atoms with Gasteiger partial charge in [-0.3, -0.25) is 0 Å². The molecule has 19 heteroatoms. The summed E-state index contributed by atoms with van der Waals surface area (Å²) >= 11 is 4.30. The van der Waals surface area contributed by atoms with E-state index in [2.05, 4.69) is 11.8 Å². The quantitative estimate of drug-likeness (QED) is 0.134. The minimum absolute atomic E-state index is 0. The van der Waals surface area contributed by atoms with Crippen LogP contribution in [0.2, 0.25) is 0 Å². The maximum Gasteiger partial charge on any atom is 1.00 e. The van der Waals surface area contributed by atoms with Gasteiger partial charge in [-0.2, -0.15) is 0 Å². The predicted molar refractivity (Wildman–Crippen MR) is 133 cm³/mol. The molecule has 0 aliphatic rings. The molecule has 0 spiro atoms. The van der Waals surface area contributed by atoms with Gasteiger partial charge in [-0.15, -0.1) is 0 Å². The molecule has 182 valence electrons. The van der Waals surface area contributed by atoms with Crippen LogP contribution in [0.5, 0.6) is 0 Å². The summed E-state index contributed by atoms with van der Waals surface area (Å²) < 4.78 is 116. The fourth-order valence-corrected chi connectivity index (χ4v) is 7.00. The smallest absolute Gasteiger partial charge is 0.744 e. The third-order valence-electron chi connectivity index (χ3n) is 4.09. The van der Waals surface area contributed by atoms with Crippen molar-refractivity contribution in [3.05, 3.63) is 72.8 Å². The van der Waals surface area contributed by atoms with Crippen molar-refractivity contribution < 1.29 is 128 Å². The molecular weight excluding hydrogens is 650 g/mol. The zero-order valence-corrected chi connectivity index (χ0v) is 31.5. The van der Waals surface area contributed by atoms with Crippen molar-refractivity contribution in [2.45, 2.75) is 14.7 Å². The number of hydrogen-bond acceptors (Lipinski definition) is 10. The van der Waals surface area contributed by atoms with Gasteiger partial charge in [0, 0.05) is 0 Å². The van der Waals surface area contributed by atoms with Crippen LogP contribution in [-0.4, -0.2) is 41.5 Å². The second-order valence-electron chi connectivity index (χ2n) is 6.27.